The molecule has 0 aliphatic rings. The van der Waals surface area contributed by atoms with Crippen LogP contribution in [-0.4, -0.2) is 15.6 Å². The van der Waals surface area contributed by atoms with Gasteiger partial charge in [0.2, 0.25) is 0 Å². The Hall–Kier alpha value is -1.61. The number of hydrogen-bond donors (Lipinski definition) is 1. The van der Waals surface area contributed by atoms with Gasteiger partial charge in [-0.1, -0.05) is 19.9 Å². The number of nitrogens with one attached hydrogen (secondary N) is 1. The SMILES string of the molecule is Cc1cc(-n2ccnc2C)ccc1CNC(C)C. The number of aryl methyl sites for hydroxylation is 2. The second kappa shape index (κ2) is 5.36. The fourth-order valence-corrected chi connectivity index (χ4v) is 1.99. The lowest BCUT2D eigenvalue weighted by atomic mass is 10.1. The number of aromatic nitrogens is 2. The summed E-state index contributed by atoms with van der Waals surface area (Å²) in [5.41, 5.74) is 3.84. The van der Waals surface area contributed by atoms with Gasteiger partial charge in [0.25, 0.3) is 0 Å². The van der Waals surface area contributed by atoms with E-state index in [-0.39, 0.29) is 0 Å². The van der Waals surface area contributed by atoms with Gasteiger partial charge in [-0.05, 0) is 37.1 Å². The van der Waals surface area contributed by atoms with Crippen LogP contribution in [0.1, 0.15) is 30.8 Å². The van der Waals surface area contributed by atoms with Crippen LogP contribution in [0.2, 0.25) is 0 Å². The lowest BCUT2D eigenvalue weighted by molar-refractivity contribution is 0.587. The minimum Gasteiger partial charge on any atom is -0.310 e. The van der Waals surface area contributed by atoms with Crippen molar-refractivity contribution in [2.45, 2.75) is 40.3 Å². The first kappa shape index (κ1) is 12.8. The Bertz CT molecular complexity index is 526. The molecule has 96 valence electrons. The van der Waals surface area contributed by atoms with Gasteiger partial charge in [-0.3, -0.25) is 0 Å². The summed E-state index contributed by atoms with van der Waals surface area (Å²) in [7, 11) is 0. The zero-order valence-corrected chi connectivity index (χ0v) is 11.6. The summed E-state index contributed by atoms with van der Waals surface area (Å²) in [6, 6.07) is 7.07. The Balaban J connectivity index is 2.22. The number of rotatable bonds is 4. The standard InChI is InChI=1S/C15H21N3/c1-11(2)17-10-14-5-6-15(9-12(14)3)18-8-7-16-13(18)4/h5-9,11,17H,10H2,1-4H3. The molecule has 2 aromatic rings. The van der Waals surface area contributed by atoms with E-state index >= 15 is 0 Å². The molecule has 0 saturated carbocycles. The lowest BCUT2D eigenvalue weighted by Gasteiger charge is -2.12. The van der Waals surface area contributed by atoms with Crippen molar-refractivity contribution in [3.05, 3.63) is 47.5 Å². The molecule has 1 N–H and O–H groups in total. The number of benzene rings is 1. The second-order valence-electron chi connectivity index (χ2n) is 4.99. The van der Waals surface area contributed by atoms with Crippen LogP contribution in [0.4, 0.5) is 0 Å². The summed E-state index contributed by atoms with van der Waals surface area (Å²) in [5.74, 6) is 1.02. The first-order valence-electron chi connectivity index (χ1n) is 6.41. The molecule has 1 aromatic heterocycles. The quantitative estimate of drug-likeness (QED) is 0.894. The highest BCUT2D eigenvalue weighted by atomic mass is 15.1. The van der Waals surface area contributed by atoms with Crippen LogP contribution in [0.3, 0.4) is 0 Å². The van der Waals surface area contributed by atoms with Crippen molar-refractivity contribution in [2.75, 3.05) is 0 Å². The van der Waals surface area contributed by atoms with Gasteiger partial charge in [-0.25, -0.2) is 4.98 Å². The Labute approximate surface area is 109 Å². The molecule has 0 spiro atoms. The fraction of sp³-hybridized carbons (Fsp3) is 0.400. The maximum absolute atomic E-state index is 4.26. The third-order valence-electron chi connectivity index (χ3n) is 3.13. The lowest BCUT2D eigenvalue weighted by Crippen LogP contribution is -2.22. The molecule has 18 heavy (non-hydrogen) atoms. The van der Waals surface area contributed by atoms with Gasteiger partial charge in [0.05, 0.1) is 0 Å². The maximum Gasteiger partial charge on any atom is 0.110 e. The predicted octanol–water partition coefficient (Wildman–Crippen LogP) is 2.99. The van der Waals surface area contributed by atoms with E-state index < -0.39 is 0 Å². The van der Waals surface area contributed by atoms with E-state index in [0.29, 0.717) is 6.04 Å². The molecule has 0 bridgehead atoms. The largest absolute Gasteiger partial charge is 0.310 e. The Morgan fingerprint density at radius 1 is 1.28 bits per heavy atom. The zero-order chi connectivity index (χ0) is 13.1. The molecule has 3 nitrogen and oxygen atoms in total. The summed E-state index contributed by atoms with van der Waals surface area (Å²) in [5, 5.41) is 3.45. The van der Waals surface area contributed by atoms with Gasteiger partial charge in [-0.2, -0.15) is 0 Å². The van der Waals surface area contributed by atoms with Gasteiger partial charge >= 0.3 is 0 Å². The van der Waals surface area contributed by atoms with Crippen molar-refractivity contribution < 1.29 is 0 Å². The van der Waals surface area contributed by atoms with Crippen molar-refractivity contribution in [2.24, 2.45) is 0 Å². The molecule has 0 unspecified atom stereocenters. The van der Waals surface area contributed by atoms with Crippen molar-refractivity contribution in [3.63, 3.8) is 0 Å². The average Bonchev–Trinajstić information content (AvgIpc) is 2.73. The molecule has 0 atom stereocenters. The first-order valence-corrected chi connectivity index (χ1v) is 6.41. The number of hydrogen-bond acceptors (Lipinski definition) is 2. The normalized spacial score (nSPS) is 11.2. The predicted molar refractivity (Wildman–Crippen MR) is 75.0 cm³/mol. The molecule has 0 amide bonds. The second-order valence-corrected chi connectivity index (χ2v) is 4.99. The molecule has 0 aliphatic carbocycles. The van der Waals surface area contributed by atoms with E-state index in [0.717, 1.165) is 12.4 Å². The highest BCUT2D eigenvalue weighted by molar-refractivity contribution is 5.40. The van der Waals surface area contributed by atoms with E-state index in [1.807, 2.05) is 19.3 Å². The summed E-state index contributed by atoms with van der Waals surface area (Å²) < 4.78 is 2.10. The van der Waals surface area contributed by atoms with Gasteiger partial charge in [-0.15, -0.1) is 0 Å². The van der Waals surface area contributed by atoms with Crippen LogP contribution in [0, 0.1) is 13.8 Å². The van der Waals surface area contributed by atoms with Crippen LogP contribution in [-0.2, 0) is 6.54 Å². The van der Waals surface area contributed by atoms with E-state index in [1.165, 1.54) is 16.8 Å². The van der Waals surface area contributed by atoms with Crippen LogP contribution >= 0.6 is 0 Å². The number of nitrogens with zero attached hydrogens (tertiary/aromatic N) is 2. The molecular formula is C15H21N3. The fourth-order valence-electron chi connectivity index (χ4n) is 1.99. The van der Waals surface area contributed by atoms with E-state index in [2.05, 4.69) is 53.8 Å². The zero-order valence-electron chi connectivity index (χ0n) is 11.6. The Morgan fingerprint density at radius 2 is 2.06 bits per heavy atom. The first-order chi connectivity index (χ1) is 8.58. The van der Waals surface area contributed by atoms with Crippen molar-refractivity contribution in [1.82, 2.24) is 14.9 Å². The Kier molecular flexibility index (Phi) is 3.82. The summed E-state index contributed by atoms with van der Waals surface area (Å²) in [4.78, 5) is 4.26. The van der Waals surface area contributed by atoms with Crippen molar-refractivity contribution in [3.8, 4) is 5.69 Å². The minimum absolute atomic E-state index is 0.514. The molecule has 0 fully saturated rings. The van der Waals surface area contributed by atoms with Crippen molar-refractivity contribution in [1.29, 1.82) is 0 Å². The Morgan fingerprint density at radius 3 is 2.61 bits per heavy atom. The maximum atomic E-state index is 4.26. The smallest absolute Gasteiger partial charge is 0.110 e. The summed E-state index contributed by atoms with van der Waals surface area (Å²) in [6.45, 7) is 9.43. The monoisotopic (exact) mass is 243 g/mol. The topological polar surface area (TPSA) is 29.9 Å². The van der Waals surface area contributed by atoms with E-state index in [1.54, 1.807) is 0 Å². The van der Waals surface area contributed by atoms with Crippen molar-refractivity contribution >= 4 is 0 Å². The molecule has 1 aromatic carbocycles. The van der Waals surface area contributed by atoms with Crippen LogP contribution in [0.5, 0.6) is 0 Å². The third kappa shape index (κ3) is 2.79. The minimum atomic E-state index is 0.514. The number of imidazole rings is 1. The van der Waals surface area contributed by atoms with Crippen LogP contribution < -0.4 is 5.32 Å². The highest BCUT2D eigenvalue weighted by Crippen LogP contribution is 2.16. The third-order valence-corrected chi connectivity index (χ3v) is 3.13. The molecule has 0 aliphatic heterocycles. The van der Waals surface area contributed by atoms with Crippen LogP contribution in [0.15, 0.2) is 30.6 Å². The molecule has 2 rings (SSSR count). The molecule has 1 heterocycles. The average molecular weight is 243 g/mol. The highest BCUT2D eigenvalue weighted by Gasteiger charge is 2.04. The van der Waals surface area contributed by atoms with Gasteiger partial charge in [0.15, 0.2) is 0 Å². The summed E-state index contributed by atoms with van der Waals surface area (Å²) in [6.07, 6.45) is 3.83. The molecule has 0 radical (unpaired) electrons. The van der Waals surface area contributed by atoms with Crippen LogP contribution in [0.25, 0.3) is 5.69 Å². The van der Waals surface area contributed by atoms with Gasteiger partial charge in [0.1, 0.15) is 5.82 Å². The van der Waals surface area contributed by atoms with E-state index in [9.17, 15) is 0 Å². The molecule has 3 heteroatoms. The van der Waals surface area contributed by atoms with Gasteiger partial charge < -0.3 is 9.88 Å². The van der Waals surface area contributed by atoms with E-state index in [4.69, 9.17) is 0 Å². The summed E-state index contributed by atoms with van der Waals surface area (Å²) >= 11 is 0. The molecule has 0 saturated heterocycles. The van der Waals surface area contributed by atoms with Gasteiger partial charge in [0, 0.05) is 30.7 Å². The molecular weight excluding hydrogens is 222 g/mol.